The van der Waals surface area contributed by atoms with Gasteiger partial charge in [0.1, 0.15) is 0 Å². The molecule has 7 nitrogen and oxygen atoms in total. The second kappa shape index (κ2) is 8.51. The molecular weight excluding hydrogens is 380 g/mol. The Morgan fingerprint density at radius 2 is 1.96 bits per heavy atom. The van der Waals surface area contributed by atoms with Crippen molar-refractivity contribution in [2.75, 3.05) is 16.6 Å². The van der Waals surface area contributed by atoms with Crippen LogP contribution in [-0.4, -0.2) is 44.7 Å². The van der Waals surface area contributed by atoms with Gasteiger partial charge in [-0.2, -0.15) is 0 Å². The largest absolute Gasteiger partial charge is 0.449 e. The van der Waals surface area contributed by atoms with Gasteiger partial charge in [-0.3, -0.25) is 9.10 Å². The van der Waals surface area contributed by atoms with E-state index in [1.807, 2.05) is 0 Å². The molecule has 1 N–H and O–H groups in total. The average Bonchev–Trinajstić information content (AvgIpc) is 3.02. The van der Waals surface area contributed by atoms with Crippen LogP contribution in [0.15, 0.2) is 24.3 Å². The van der Waals surface area contributed by atoms with Crippen LogP contribution in [0.25, 0.3) is 0 Å². The molecule has 3 unspecified atom stereocenters. The fraction of sp³-hybridized carbons (Fsp3) is 0.600. The lowest BCUT2D eigenvalue weighted by atomic mass is 9.86. The summed E-state index contributed by atoms with van der Waals surface area (Å²) in [6, 6.07) is 6.45. The highest BCUT2D eigenvalue weighted by Crippen LogP contribution is 2.26. The molecule has 1 aromatic rings. The van der Waals surface area contributed by atoms with Gasteiger partial charge >= 0.3 is 5.97 Å². The van der Waals surface area contributed by atoms with E-state index in [9.17, 15) is 18.0 Å². The molecule has 154 valence electrons. The molecule has 2 aliphatic rings. The van der Waals surface area contributed by atoms with Crippen LogP contribution in [0.2, 0.25) is 0 Å². The van der Waals surface area contributed by atoms with Crippen LogP contribution < -0.4 is 9.62 Å². The minimum Gasteiger partial charge on any atom is -0.449 e. The Balaban J connectivity index is 1.62. The predicted octanol–water partition coefficient (Wildman–Crippen LogP) is 2.47. The number of carbonyl (C=O) groups is 2. The molecule has 1 saturated heterocycles. The molecule has 1 aliphatic carbocycles. The molecule has 1 aromatic carbocycles. The molecular formula is C20H28N2O5S. The highest BCUT2D eigenvalue weighted by Gasteiger charge is 2.30. The second-order valence-electron chi connectivity index (χ2n) is 7.72. The highest BCUT2D eigenvalue weighted by molar-refractivity contribution is 7.93. The molecule has 0 spiro atoms. The number of esters is 1. The van der Waals surface area contributed by atoms with E-state index >= 15 is 0 Å². The standard InChI is InChI=1S/C20H28N2O5S/c1-14-7-3-4-10-18(14)21-19(23)15(2)27-20(24)16-8-5-9-17(13-16)22-11-6-12-28(22,25)26/h5,8-9,13-15,18H,3-4,6-7,10-12H2,1-2H3,(H,21,23). The number of sulfonamides is 1. The van der Waals surface area contributed by atoms with Gasteiger partial charge in [0.05, 0.1) is 17.0 Å². The van der Waals surface area contributed by atoms with E-state index < -0.39 is 22.1 Å². The number of ether oxygens (including phenoxy) is 1. The average molecular weight is 409 g/mol. The minimum absolute atomic E-state index is 0.110. The van der Waals surface area contributed by atoms with E-state index in [4.69, 9.17) is 4.74 Å². The van der Waals surface area contributed by atoms with Crippen molar-refractivity contribution in [3.63, 3.8) is 0 Å². The molecule has 0 bridgehead atoms. The first-order chi connectivity index (χ1) is 13.3. The van der Waals surface area contributed by atoms with Crippen LogP contribution in [-0.2, 0) is 19.6 Å². The lowest BCUT2D eigenvalue weighted by Crippen LogP contribution is -2.46. The number of hydrogen-bond donors (Lipinski definition) is 1. The van der Waals surface area contributed by atoms with Crippen molar-refractivity contribution in [1.29, 1.82) is 0 Å². The summed E-state index contributed by atoms with van der Waals surface area (Å²) in [5.74, 6) is -0.416. The topological polar surface area (TPSA) is 92.8 Å². The third kappa shape index (κ3) is 4.66. The van der Waals surface area contributed by atoms with Crippen molar-refractivity contribution >= 4 is 27.6 Å². The monoisotopic (exact) mass is 408 g/mol. The van der Waals surface area contributed by atoms with Crippen LogP contribution in [0.1, 0.15) is 56.3 Å². The Labute approximate surface area is 166 Å². The first-order valence-corrected chi connectivity index (χ1v) is 11.5. The summed E-state index contributed by atoms with van der Waals surface area (Å²) >= 11 is 0. The smallest absolute Gasteiger partial charge is 0.338 e. The maximum Gasteiger partial charge on any atom is 0.338 e. The van der Waals surface area contributed by atoms with Crippen molar-refractivity contribution in [1.82, 2.24) is 5.32 Å². The molecule has 8 heteroatoms. The van der Waals surface area contributed by atoms with Crippen molar-refractivity contribution in [3.8, 4) is 0 Å². The number of carbonyl (C=O) groups excluding carboxylic acids is 2. The fourth-order valence-electron chi connectivity index (χ4n) is 3.83. The molecule has 3 rings (SSSR count). The fourth-order valence-corrected chi connectivity index (χ4v) is 5.39. The molecule has 1 heterocycles. The van der Waals surface area contributed by atoms with Crippen LogP contribution in [0.4, 0.5) is 5.69 Å². The normalized spacial score (nSPS) is 25.1. The zero-order chi connectivity index (χ0) is 20.3. The minimum atomic E-state index is -3.32. The van der Waals surface area contributed by atoms with Gasteiger partial charge in [0.15, 0.2) is 6.10 Å². The van der Waals surface area contributed by atoms with Gasteiger partial charge in [0.2, 0.25) is 10.0 Å². The van der Waals surface area contributed by atoms with E-state index in [0.717, 1.165) is 19.3 Å². The van der Waals surface area contributed by atoms with E-state index in [0.29, 0.717) is 24.6 Å². The third-order valence-corrected chi connectivity index (χ3v) is 7.43. The number of amides is 1. The van der Waals surface area contributed by atoms with Crippen molar-refractivity contribution in [2.45, 2.75) is 58.1 Å². The van der Waals surface area contributed by atoms with E-state index in [1.165, 1.54) is 16.8 Å². The second-order valence-corrected chi connectivity index (χ2v) is 9.73. The lowest BCUT2D eigenvalue weighted by Gasteiger charge is -2.30. The van der Waals surface area contributed by atoms with Gasteiger partial charge in [0, 0.05) is 12.6 Å². The van der Waals surface area contributed by atoms with Crippen molar-refractivity contribution in [2.24, 2.45) is 5.92 Å². The predicted molar refractivity (Wildman–Crippen MR) is 107 cm³/mol. The summed E-state index contributed by atoms with van der Waals surface area (Å²) in [5, 5.41) is 2.99. The molecule has 3 atom stereocenters. The third-order valence-electron chi connectivity index (χ3n) is 5.56. The molecule has 1 aliphatic heterocycles. The molecule has 28 heavy (non-hydrogen) atoms. The Morgan fingerprint density at radius 3 is 2.64 bits per heavy atom. The van der Waals surface area contributed by atoms with Crippen LogP contribution in [0, 0.1) is 5.92 Å². The molecule has 2 fully saturated rings. The SMILES string of the molecule is CC(OC(=O)c1cccc(N2CCCS2(=O)=O)c1)C(=O)NC1CCCCC1C. The van der Waals surface area contributed by atoms with Gasteiger partial charge in [0.25, 0.3) is 5.91 Å². The Kier molecular flexibility index (Phi) is 6.27. The highest BCUT2D eigenvalue weighted by atomic mass is 32.2. The van der Waals surface area contributed by atoms with E-state index in [1.54, 1.807) is 25.1 Å². The van der Waals surface area contributed by atoms with Gasteiger partial charge in [-0.15, -0.1) is 0 Å². The Morgan fingerprint density at radius 1 is 1.21 bits per heavy atom. The van der Waals surface area contributed by atoms with Crippen molar-refractivity contribution in [3.05, 3.63) is 29.8 Å². The van der Waals surface area contributed by atoms with Crippen LogP contribution in [0.3, 0.4) is 0 Å². The number of nitrogens with zero attached hydrogens (tertiary/aromatic N) is 1. The zero-order valence-electron chi connectivity index (χ0n) is 16.4. The summed E-state index contributed by atoms with van der Waals surface area (Å²) in [5.41, 5.74) is 0.672. The van der Waals surface area contributed by atoms with Crippen LogP contribution in [0.5, 0.6) is 0 Å². The van der Waals surface area contributed by atoms with Crippen molar-refractivity contribution < 1.29 is 22.7 Å². The quantitative estimate of drug-likeness (QED) is 0.756. The summed E-state index contributed by atoms with van der Waals surface area (Å²) in [4.78, 5) is 24.9. The van der Waals surface area contributed by atoms with Gasteiger partial charge in [-0.1, -0.05) is 25.8 Å². The number of nitrogens with one attached hydrogen (secondary N) is 1. The summed E-state index contributed by atoms with van der Waals surface area (Å²) in [6.07, 6.45) is 3.95. The Hall–Kier alpha value is -2.09. The first kappa shape index (κ1) is 20.6. The van der Waals surface area contributed by atoms with E-state index in [-0.39, 0.29) is 23.3 Å². The number of anilines is 1. The van der Waals surface area contributed by atoms with E-state index in [2.05, 4.69) is 12.2 Å². The Bertz CT molecular complexity index is 839. The maximum atomic E-state index is 12.5. The van der Waals surface area contributed by atoms with Crippen LogP contribution >= 0.6 is 0 Å². The molecule has 1 amide bonds. The molecule has 0 radical (unpaired) electrons. The molecule has 1 saturated carbocycles. The van der Waals surface area contributed by atoms with Gasteiger partial charge < -0.3 is 10.1 Å². The summed E-state index contributed by atoms with van der Waals surface area (Å²) in [7, 11) is -3.32. The maximum absolute atomic E-state index is 12.5. The summed E-state index contributed by atoms with van der Waals surface area (Å²) in [6.45, 7) is 4.08. The number of hydrogen-bond acceptors (Lipinski definition) is 5. The van der Waals surface area contributed by atoms with Gasteiger partial charge in [-0.25, -0.2) is 13.2 Å². The number of rotatable bonds is 5. The summed E-state index contributed by atoms with van der Waals surface area (Å²) < 4.78 is 30.8. The first-order valence-electron chi connectivity index (χ1n) is 9.90. The number of benzene rings is 1. The molecule has 0 aromatic heterocycles. The lowest BCUT2D eigenvalue weighted by molar-refractivity contribution is -0.130. The zero-order valence-corrected chi connectivity index (χ0v) is 17.2. The van der Waals surface area contributed by atoms with Gasteiger partial charge in [-0.05, 0) is 50.3 Å².